The molecule has 0 bridgehead atoms. The highest BCUT2D eigenvalue weighted by Crippen LogP contribution is 2.12. The Labute approximate surface area is 150 Å². The molecule has 1 aliphatic heterocycles. The number of guanidine groups is 1. The van der Waals surface area contributed by atoms with Gasteiger partial charge in [-0.15, -0.1) is 0 Å². The maximum absolute atomic E-state index is 5.71. The van der Waals surface area contributed by atoms with Gasteiger partial charge in [0.05, 0.1) is 18.9 Å². The van der Waals surface area contributed by atoms with Gasteiger partial charge in [0.25, 0.3) is 0 Å². The quantitative estimate of drug-likeness (QED) is 0.380. The van der Waals surface area contributed by atoms with Crippen molar-refractivity contribution in [2.45, 2.75) is 40.0 Å². The molecule has 142 valence electrons. The Morgan fingerprint density at radius 3 is 2.92 bits per heavy atom. The topological polar surface area (TPSA) is 80.9 Å². The molecular weight excluding hydrogens is 320 g/mol. The fraction of sp³-hybridized carbons (Fsp3) is 0.778. The Balaban J connectivity index is 1.61. The zero-order valence-electron chi connectivity index (χ0n) is 15.8. The molecule has 2 rings (SSSR count). The third kappa shape index (κ3) is 7.04. The van der Waals surface area contributed by atoms with Crippen molar-refractivity contribution in [3.63, 3.8) is 0 Å². The lowest BCUT2D eigenvalue weighted by atomic mass is 10.1. The van der Waals surface area contributed by atoms with Gasteiger partial charge in [-0.2, -0.15) is 0 Å². The number of aromatic nitrogens is 1. The van der Waals surface area contributed by atoms with Crippen molar-refractivity contribution < 1.29 is 14.0 Å². The van der Waals surface area contributed by atoms with Crippen LogP contribution in [0.5, 0.6) is 0 Å². The van der Waals surface area contributed by atoms with Gasteiger partial charge in [-0.25, -0.2) is 0 Å². The zero-order chi connectivity index (χ0) is 17.9. The lowest BCUT2D eigenvalue weighted by Gasteiger charge is -2.11. The maximum atomic E-state index is 5.71. The second kappa shape index (κ2) is 11.1. The van der Waals surface area contributed by atoms with E-state index in [0.717, 1.165) is 82.7 Å². The van der Waals surface area contributed by atoms with Gasteiger partial charge in [-0.3, -0.25) is 4.99 Å². The van der Waals surface area contributed by atoms with Crippen molar-refractivity contribution in [3.8, 4) is 0 Å². The zero-order valence-corrected chi connectivity index (χ0v) is 15.8. The largest absolute Gasteiger partial charge is 0.381 e. The van der Waals surface area contributed by atoms with Crippen LogP contribution in [0.1, 0.15) is 36.8 Å². The number of nitrogens with zero attached hydrogens (tertiary/aromatic N) is 2. The fourth-order valence-electron chi connectivity index (χ4n) is 2.83. The molecule has 25 heavy (non-hydrogen) atoms. The minimum Gasteiger partial charge on any atom is -0.381 e. The van der Waals surface area contributed by atoms with Crippen LogP contribution in [0.2, 0.25) is 0 Å². The van der Waals surface area contributed by atoms with Gasteiger partial charge in [0.2, 0.25) is 0 Å². The van der Waals surface area contributed by atoms with Crippen molar-refractivity contribution in [2.24, 2.45) is 10.9 Å². The third-order valence-electron chi connectivity index (χ3n) is 4.29. The molecule has 0 aromatic carbocycles. The summed E-state index contributed by atoms with van der Waals surface area (Å²) < 4.78 is 16.2. The van der Waals surface area contributed by atoms with Crippen LogP contribution in [0.15, 0.2) is 9.52 Å². The van der Waals surface area contributed by atoms with E-state index in [-0.39, 0.29) is 0 Å². The minimum absolute atomic E-state index is 0.576. The first-order chi connectivity index (χ1) is 12.2. The number of ether oxygens (including phenoxy) is 2. The van der Waals surface area contributed by atoms with Crippen LogP contribution in [0.25, 0.3) is 0 Å². The molecule has 1 unspecified atom stereocenters. The summed E-state index contributed by atoms with van der Waals surface area (Å²) in [6.45, 7) is 11.7. The van der Waals surface area contributed by atoms with E-state index in [1.165, 1.54) is 5.56 Å². The van der Waals surface area contributed by atoms with Crippen molar-refractivity contribution in [1.29, 1.82) is 0 Å². The number of aryl methyl sites for hydroxylation is 2. The molecule has 0 saturated carbocycles. The first-order valence-corrected chi connectivity index (χ1v) is 9.30. The molecular formula is C18H32N4O3. The summed E-state index contributed by atoms with van der Waals surface area (Å²) >= 11 is 0. The van der Waals surface area contributed by atoms with Crippen LogP contribution in [0, 0.1) is 19.8 Å². The summed E-state index contributed by atoms with van der Waals surface area (Å²) in [6, 6.07) is 0. The van der Waals surface area contributed by atoms with Crippen LogP contribution in [-0.2, 0) is 15.9 Å². The average molecular weight is 352 g/mol. The van der Waals surface area contributed by atoms with E-state index in [4.69, 9.17) is 14.0 Å². The van der Waals surface area contributed by atoms with Gasteiger partial charge >= 0.3 is 0 Å². The van der Waals surface area contributed by atoms with E-state index < -0.39 is 0 Å². The van der Waals surface area contributed by atoms with E-state index in [2.05, 4.69) is 27.7 Å². The fourth-order valence-corrected chi connectivity index (χ4v) is 2.83. The van der Waals surface area contributed by atoms with E-state index >= 15 is 0 Å². The van der Waals surface area contributed by atoms with Gasteiger partial charge in [-0.05, 0) is 40.0 Å². The van der Waals surface area contributed by atoms with Crippen LogP contribution in [-0.4, -0.2) is 57.2 Å². The van der Waals surface area contributed by atoms with E-state index in [1.54, 1.807) is 0 Å². The van der Waals surface area contributed by atoms with E-state index in [9.17, 15) is 0 Å². The molecule has 2 N–H and O–H groups in total. The molecule has 1 aromatic rings. The molecule has 1 atom stereocenters. The monoisotopic (exact) mass is 352 g/mol. The molecule has 2 heterocycles. The van der Waals surface area contributed by atoms with Crippen molar-refractivity contribution >= 4 is 5.96 Å². The highest BCUT2D eigenvalue weighted by molar-refractivity contribution is 5.79. The van der Waals surface area contributed by atoms with Crippen molar-refractivity contribution in [3.05, 3.63) is 17.0 Å². The Hall–Kier alpha value is -1.60. The van der Waals surface area contributed by atoms with Crippen molar-refractivity contribution in [2.75, 3.05) is 46.1 Å². The van der Waals surface area contributed by atoms with E-state index in [1.807, 2.05) is 13.8 Å². The second-order valence-electron chi connectivity index (χ2n) is 6.40. The maximum Gasteiger partial charge on any atom is 0.191 e. The lowest BCUT2D eigenvalue weighted by molar-refractivity contribution is 0.0893. The van der Waals surface area contributed by atoms with Crippen molar-refractivity contribution in [1.82, 2.24) is 15.8 Å². The normalized spacial score (nSPS) is 17.9. The summed E-state index contributed by atoms with van der Waals surface area (Å²) in [6.07, 6.45) is 2.92. The summed E-state index contributed by atoms with van der Waals surface area (Å²) in [5.41, 5.74) is 2.14. The smallest absolute Gasteiger partial charge is 0.191 e. The molecule has 0 aliphatic carbocycles. The Morgan fingerprint density at radius 2 is 2.24 bits per heavy atom. The van der Waals surface area contributed by atoms with Gasteiger partial charge in [0.15, 0.2) is 5.96 Å². The summed E-state index contributed by atoms with van der Waals surface area (Å²) in [7, 11) is 0. The lowest BCUT2D eigenvalue weighted by Crippen LogP contribution is -2.38. The minimum atomic E-state index is 0.576. The highest BCUT2D eigenvalue weighted by Gasteiger charge is 2.15. The molecule has 7 heteroatoms. The second-order valence-corrected chi connectivity index (χ2v) is 6.40. The summed E-state index contributed by atoms with van der Waals surface area (Å²) in [5, 5.41) is 10.6. The predicted octanol–water partition coefficient (Wildman–Crippen LogP) is 1.83. The summed E-state index contributed by atoms with van der Waals surface area (Å²) in [4.78, 5) is 4.60. The Kier molecular flexibility index (Phi) is 8.76. The van der Waals surface area contributed by atoms with Crippen LogP contribution >= 0.6 is 0 Å². The molecule has 1 aliphatic rings. The first kappa shape index (κ1) is 19.7. The SMILES string of the molecule is CCNC(=NCCCOCC1CCOC1)NCCc1c(C)noc1C. The Bertz CT molecular complexity index is 505. The molecule has 1 saturated heterocycles. The van der Waals surface area contributed by atoms with Gasteiger partial charge in [0, 0.05) is 44.3 Å². The van der Waals surface area contributed by atoms with Crippen LogP contribution < -0.4 is 10.6 Å². The van der Waals surface area contributed by atoms with Gasteiger partial charge in [0.1, 0.15) is 5.76 Å². The van der Waals surface area contributed by atoms with Gasteiger partial charge in [-0.1, -0.05) is 5.16 Å². The molecule has 1 aromatic heterocycles. The predicted molar refractivity (Wildman–Crippen MR) is 98.0 cm³/mol. The number of hydrogen-bond acceptors (Lipinski definition) is 5. The molecule has 7 nitrogen and oxygen atoms in total. The first-order valence-electron chi connectivity index (χ1n) is 9.30. The number of rotatable bonds is 10. The third-order valence-corrected chi connectivity index (χ3v) is 4.29. The number of aliphatic imine (C=N–C) groups is 1. The number of nitrogens with one attached hydrogen (secondary N) is 2. The molecule has 1 fully saturated rings. The molecule has 0 spiro atoms. The highest BCUT2D eigenvalue weighted by atomic mass is 16.5. The van der Waals surface area contributed by atoms with Gasteiger partial charge < -0.3 is 24.6 Å². The molecule has 0 radical (unpaired) electrons. The van der Waals surface area contributed by atoms with Crippen LogP contribution in [0.4, 0.5) is 0 Å². The van der Waals surface area contributed by atoms with E-state index in [0.29, 0.717) is 5.92 Å². The summed E-state index contributed by atoms with van der Waals surface area (Å²) in [5.74, 6) is 2.32. The standard InChI is InChI=1S/C18H32N4O3/c1-4-19-18(21-9-6-17-14(2)22-25-15(17)3)20-8-5-10-23-12-16-7-11-24-13-16/h16H,4-13H2,1-3H3,(H2,19,20,21). The number of hydrogen-bond donors (Lipinski definition) is 2. The Morgan fingerprint density at radius 1 is 1.36 bits per heavy atom. The average Bonchev–Trinajstić information content (AvgIpc) is 3.22. The van der Waals surface area contributed by atoms with Crippen LogP contribution in [0.3, 0.4) is 0 Å². The molecule has 0 amide bonds.